The Morgan fingerprint density at radius 2 is 1.88 bits per heavy atom. The van der Waals surface area contributed by atoms with E-state index in [9.17, 15) is 0 Å². The Labute approximate surface area is 163 Å². The van der Waals surface area contributed by atoms with E-state index in [0.29, 0.717) is 11.4 Å². The van der Waals surface area contributed by atoms with Gasteiger partial charge in [-0.15, -0.1) is 0 Å². The van der Waals surface area contributed by atoms with Crippen LogP contribution >= 0.6 is 23.2 Å². The SMILES string of the molecule is COc1ccc2nc(/C=C/c3ccccc3)c(C/C=C(/C)Cl)c(Cl)c2c1. The lowest BCUT2D eigenvalue weighted by atomic mass is 10.0. The Hall–Kier alpha value is -2.29. The van der Waals surface area contributed by atoms with Gasteiger partial charge in [-0.3, -0.25) is 0 Å². The summed E-state index contributed by atoms with van der Waals surface area (Å²) in [6.45, 7) is 1.85. The molecule has 0 aliphatic carbocycles. The summed E-state index contributed by atoms with van der Waals surface area (Å²) in [7, 11) is 1.64. The highest BCUT2D eigenvalue weighted by Crippen LogP contribution is 2.32. The molecule has 4 heteroatoms. The minimum atomic E-state index is 0.614. The maximum Gasteiger partial charge on any atom is 0.119 e. The number of allylic oxidation sites excluding steroid dienone is 2. The number of rotatable bonds is 5. The Kier molecular flexibility index (Phi) is 5.97. The van der Waals surface area contributed by atoms with E-state index >= 15 is 0 Å². The smallest absolute Gasteiger partial charge is 0.119 e. The number of fused-ring (bicyclic) bond motifs is 1. The Bertz CT molecular complexity index is 974. The van der Waals surface area contributed by atoms with Crippen molar-refractivity contribution in [3.63, 3.8) is 0 Å². The van der Waals surface area contributed by atoms with Crippen molar-refractivity contribution in [3.8, 4) is 5.75 Å². The van der Waals surface area contributed by atoms with Gasteiger partial charge in [0.2, 0.25) is 0 Å². The third kappa shape index (κ3) is 4.27. The molecule has 0 N–H and O–H groups in total. The second kappa shape index (κ2) is 8.39. The largest absolute Gasteiger partial charge is 0.497 e. The first-order valence-electron chi connectivity index (χ1n) is 8.30. The van der Waals surface area contributed by atoms with Crippen molar-refractivity contribution in [1.29, 1.82) is 0 Å². The zero-order valence-corrected chi connectivity index (χ0v) is 16.2. The van der Waals surface area contributed by atoms with E-state index in [1.54, 1.807) is 7.11 Å². The normalized spacial score (nSPS) is 12.1. The molecule has 3 rings (SSSR count). The van der Waals surface area contributed by atoms with Crippen molar-refractivity contribution in [2.45, 2.75) is 13.3 Å². The fourth-order valence-electron chi connectivity index (χ4n) is 2.70. The number of pyridine rings is 1. The molecule has 3 aromatic rings. The first-order valence-corrected chi connectivity index (χ1v) is 9.05. The maximum atomic E-state index is 6.74. The van der Waals surface area contributed by atoms with Crippen molar-refractivity contribution in [2.75, 3.05) is 7.11 Å². The monoisotopic (exact) mass is 383 g/mol. The van der Waals surface area contributed by atoms with Crippen molar-refractivity contribution < 1.29 is 4.74 Å². The maximum absolute atomic E-state index is 6.74. The Morgan fingerprint density at radius 1 is 1.12 bits per heavy atom. The van der Waals surface area contributed by atoms with Gasteiger partial charge in [0.15, 0.2) is 0 Å². The summed E-state index contributed by atoms with van der Waals surface area (Å²) in [5, 5.41) is 2.28. The van der Waals surface area contributed by atoms with Gasteiger partial charge in [0.25, 0.3) is 0 Å². The van der Waals surface area contributed by atoms with E-state index in [4.69, 9.17) is 32.9 Å². The lowest BCUT2D eigenvalue weighted by Gasteiger charge is -2.11. The van der Waals surface area contributed by atoms with E-state index in [-0.39, 0.29) is 0 Å². The van der Waals surface area contributed by atoms with Crippen LogP contribution < -0.4 is 4.74 Å². The summed E-state index contributed by atoms with van der Waals surface area (Å²) < 4.78 is 5.32. The first kappa shape index (κ1) is 18.5. The van der Waals surface area contributed by atoms with E-state index < -0.39 is 0 Å². The van der Waals surface area contributed by atoms with Crippen LogP contribution in [-0.4, -0.2) is 12.1 Å². The fourth-order valence-corrected chi connectivity index (χ4v) is 3.10. The van der Waals surface area contributed by atoms with E-state index in [1.165, 1.54) is 0 Å². The number of nitrogens with zero attached hydrogens (tertiary/aromatic N) is 1. The van der Waals surface area contributed by atoms with Gasteiger partial charge in [-0.2, -0.15) is 0 Å². The van der Waals surface area contributed by atoms with Crippen molar-refractivity contribution in [3.05, 3.63) is 81.5 Å². The molecule has 1 heterocycles. The van der Waals surface area contributed by atoms with Crippen LogP contribution in [-0.2, 0) is 6.42 Å². The van der Waals surface area contributed by atoms with Crippen LogP contribution in [0, 0.1) is 0 Å². The lowest BCUT2D eigenvalue weighted by molar-refractivity contribution is 0.415. The van der Waals surface area contributed by atoms with E-state index in [0.717, 1.165) is 38.5 Å². The van der Waals surface area contributed by atoms with Crippen LogP contribution in [0.1, 0.15) is 23.7 Å². The highest BCUT2D eigenvalue weighted by Gasteiger charge is 2.12. The van der Waals surface area contributed by atoms with Crippen LogP contribution in [0.4, 0.5) is 0 Å². The summed E-state index contributed by atoms with van der Waals surface area (Å²) >= 11 is 12.8. The minimum Gasteiger partial charge on any atom is -0.497 e. The van der Waals surface area contributed by atoms with Gasteiger partial charge in [-0.25, -0.2) is 4.98 Å². The molecule has 0 radical (unpaired) electrons. The highest BCUT2D eigenvalue weighted by molar-refractivity contribution is 6.36. The summed E-state index contributed by atoms with van der Waals surface area (Å²) in [5.41, 5.74) is 3.72. The van der Waals surface area contributed by atoms with Crippen LogP contribution in [0.5, 0.6) is 5.75 Å². The second-order valence-electron chi connectivity index (χ2n) is 5.91. The molecule has 0 saturated heterocycles. The molecule has 132 valence electrons. The molecule has 0 aliphatic heterocycles. The molecule has 0 spiro atoms. The highest BCUT2D eigenvalue weighted by atomic mass is 35.5. The van der Waals surface area contributed by atoms with Crippen molar-refractivity contribution in [2.24, 2.45) is 0 Å². The predicted octanol–water partition coefficient (Wildman–Crippen LogP) is 6.75. The van der Waals surface area contributed by atoms with Gasteiger partial charge in [-0.1, -0.05) is 65.7 Å². The number of hydrogen-bond acceptors (Lipinski definition) is 2. The molecule has 0 fully saturated rings. The summed E-state index contributed by atoms with van der Waals surface area (Å²) in [4.78, 5) is 4.81. The number of hydrogen-bond donors (Lipinski definition) is 0. The van der Waals surface area contributed by atoms with Crippen LogP contribution in [0.3, 0.4) is 0 Å². The van der Waals surface area contributed by atoms with Crippen molar-refractivity contribution in [1.82, 2.24) is 4.98 Å². The standard InChI is InChI=1S/C22H19Cl2NO/c1-15(23)8-11-18-20(12-9-16-6-4-3-5-7-16)25-21-13-10-17(26-2)14-19(21)22(18)24/h3-10,12-14H,11H2,1-2H3/b12-9+,15-8-. The molecule has 2 nitrogen and oxygen atoms in total. The van der Waals surface area contributed by atoms with Gasteiger partial charge in [-0.05, 0) is 43.2 Å². The zero-order valence-electron chi connectivity index (χ0n) is 14.7. The fraction of sp³-hybridized carbons (Fsp3) is 0.136. The molecule has 0 aliphatic rings. The first-order chi connectivity index (χ1) is 12.6. The average Bonchev–Trinajstić information content (AvgIpc) is 2.66. The quantitative estimate of drug-likeness (QED) is 0.485. The predicted molar refractivity (Wildman–Crippen MR) is 112 cm³/mol. The molecule has 2 aromatic carbocycles. The summed E-state index contributed by atoms with van der Waals surface area (Å²) in [5.74, 6) is 0.754. The Morgan fingerprint density at radius 3 is 2.58 bits per heavy atom. The molecular weight excluding hydrogens is 365 g/mol. The topological polar surface area (TPSA) is 22.1 Å². The van der Waals surface area contributed by atoms with Crippen LogP contribution in [0.25, 0.3) is 23.1 Å². The molecule has 0 amide bonds. The second-order valence-corrected chi connectivity index (χ2v) is 6.89. The number of ether oxygens (including phenoxy) is 1. The molecule has 26 heavy (non-hydrogen) atoms. The summed E-state index contributed by atoms with van der Waals surface area (Å²) in [6.07, 6.45) is 6.59. The summed E-state index contributed by atoms with van der Waals surface area (Å²) in [6, 6.07) is 15.8. The zero-order chi connectivity index (χ0) is 18.5. The lowest BCUT2D eigenvalue weighted by Crippen LogP contribution is -1.96. The van der Waals surface area contributed by atoms with Crippen LogP contribution in [0.2, 0.25) is 5.02 Å². The molecule has 1 aromatic heterocycles. The Balaban J connectivity index is 2.14. The van der Waals surface area contributed by atoms with Gasteiger partial charge in [0, 0.05) is 16.0 Å². The third-order valence-corrected chi connectivity index (χ3v) is 4.66. The number of methoxy groups -OCH3 is 1. The van der Waals surface area contributed by atoms with E-state index in [2.05, 4.69) is 0 Å². The van der Waals surface area contributed by atoms with Gasteiger partial charge >= 0.3 is 0 Å². The van der Waals surface area contributed by atoms with Gasteiger partial charge < -0.3 is 4.74 Å². The number of aromatic nitrogens is 1. The average molecular weight is 384 g/mol. The minimum absolute atomic E-state index is 0.614. The van der Waals surface area contributed by atoms with E-state index in [1.807, 2.05) is 73.7 Å². The van der Waals surface area contributed by atoms with Gasteiger partial charge in [0.1, 0.15) is 5.75 Å². The molecular formula is C22H19Cl2NO. The number of benzene rings is 2. The molecule has 0 atom stereocenters. The molecule has 0 unspecified atom stereocenters. The third-order valence-electron chi connectivity index (χ3n) is 4.08. The molecule has 0 saturated carbocycles. The number of halogens is 2. The molecule has 0 bridgehead atoms. The van der Waals surface area contributed by atoms with Crippen LogP contribution in [0.15, 0.2) is 59.6 Å². The van der Waals surface area contributed by atoms with Gasteiger partial charge in [0.05, 0.1) is 23.3 Å². The van der Waals surface area contributed by atoms with Crippen molar-refractivity contribution >= 4 is 46.3 Å².